The van der Waals surface area contributed by atoms with Crippen molar-refractivity contribution in [2.75, 3.05) is 12.8 Å². The average molecular weight is 307 g/mol. The van der Waals surface area contributed by atoms with Gasteiger partial charge in [0.25, 0.3) is 5.91 Å². The lowest BCUT2D eigenvalue weighted by molar-refractivity contribution is 0.0779. The first-order valence-corrected chi connectivity index (χ1v) is 7.20. The number of hydrogen-bond donors (Lipinski definition) is 2. The Morgan fingerprint density at radius 3 is 2.70 bits per heavy atom. The number of aromatic amines is 1. The van der Waals surface area contributed by atoms with Gasteiger partial charge in [0, 0.05) is 25.4 Å². The molecule has 1 aromatic carbocycles. The summed E-state index contributed by atoms with van der Waals surface area (Å²) in [6, 6.07) is 15.1. The first kappa shape index (κ1) is 14.8. The largest absolute Gasteiger partial charge is 0.384 e. The fourth-order valence-electron chi connectivity index (χ4n) is 2.27. The lowest BCUT2D eigenvalue weighted by Crippen LogP contribution is -2.26. The number of aromatic nitrogens is 3. The van der Waals surface area contributed by atoms with Gasteiger partial charge in [0.15, 0.2) is 0 Å². The summed E-state index contributed by atoms with van der Waals surface area (Å²) >= 11 is 0. The van der Waals surface area contributed by atoms with Crippen LogP contribution in [0.25, 0.3) is 11.3 Å². The Hall–Kier alpha value is -3.15. The quantitative estimate of drug-likeness (QED) is 0.774. The maximum Gasteiger partial charge on any atom is 0.271 e. The maximum absolute atomic E-state index is 12.5. The summed E-state index contributed by atoms with van der Waals surface area (Å²) in [5.74, 6) is 0.334. The number of H-pyrrole nitrogens is 1. The van der Waals surface area contributed by atoms with Crippen LogP contribution >= 0.6 is 0 Å². The van der Waals surface area contributed by atoms with Gasteiger partial charge in [-0.1, -0.05) is 36.4 Å². The first-order valence-electron chi connectivity index (χ1n) is 7.20. The molecule has 0 fully saturated rings. The minimum absolute atomic E-state index is 0.128. The number of carbonyl (C=O) groups excluding carboxylic acids is 1. The number of hydrogen-bond acceptors (Lipinski definition) is 4. The molecule has 3 aromatic rings. The maximum atomic E-state index is 12.5. The standard InChI is InChI=1S/C17H17N5O/c1-22(11-12-7-8-16(18)19-10-12)17(23)15-9-14(20-21-15)13-5-3-2-4-6-13/h2-10H,11H2,1H3,(H2,18,19)(H,20,21). The number of benzene rings is 1. The number of pyridine rings is 1. The number of amides is 1. The van der Waals surface area contributed by atoms with Crippen molar-refractivity contribution in [2.45, 2.75) is 6.54 Å². The molecule has 0 aliphatic heterocycles. The molecule has 3 N–H and O–H groups in total. The molecule has 0 saturated carbocycles. The molecule has 23 heavy (non-hydrogen) atoms. The van der Waals surface area contributed by atoms with E-state index in [2.05, 4.69) is 15.2 Å². The van der Waals surface area contributed by atoms with E-state index >= 15 is 0 Å². The average Bonchev–Trinajstić information content (AvgIpc) is 3.07. The van der Waals surface area contributed by atoms with Gasteiger partial charge in [-0.3, -0.25) is 9.89 Å². The van der Waals surface area contributed by atoms with E-state index in [-0.39, 0.29) is 5.91 Å². The first-order chi connectivity index (χ1) is 11.1. The zero-order valence-electron chi connectivity index (χ0n) is 12.7. The van der Waals surface area contributed by atoms with Crippen molar-refractivity contribution in [3.8, 4) is 11.3 Å². The third-order valence-corrected chi connectivity index (χ3v) is 3.49. The van der Waals surface area contributed by atoms with E-state index in [1.165, 1.54) is 0 Å². The number of nitrogens with one attached hydrogen (secondary N) is 1. The molecule has 2 heterocycles. The third-order valence-electron chi connectivity index (χ3n) is 3.49. The van der Waals surface area contributed by atoms with Crippen LogP contribution in [0.5, 0.6) is 0 Å². The van der Waals surface area contributed by atoms with Crippen LogP contribution in [-0.2, 0) is 6.54 Å². The fourth-order valence-corrected chi connectivity index (χ4v) is 2.27. The van der Waals surface area contributed by atoms with Crippen LogP contribution in [-0.4, -0.2) is 33.0 Å². The summed E-state index contributed by atoms with van der Waals surface area (Å²) in [4.78, 5) is 18.1. The molecule has 0 aliphatic carbocycles. The van der Waals surface area contributed by atoms with Crippen LogP contribution in [0.1, 0.15) is 16.1 Å². The zero-order chi connectivity index (χ0) is 16.2. The topological polar surface area (TPSA) is 87.9 Å². The van der Waals surface area contributed by atoms with Crippen molar-refractivity contribution in [1.29, 1.82) is 0 Å². The lowest BCUT2D eigenvalue weighted by atomic mass is 10.1. The molecule has 0 radical (unpaired) electrons. The normalized spacial score (nSPS) is 10.5. The molecule has 0 saturated heterocycles. The SMILES string of the molecule is CN(Cc1ccc(N)nc1)C(=O)c1cc(-c2ccccc2)n[nH]1. The number of nitrogens with zero attached hydrogens (tertiary/aromatic N) is 3. The van der Waals surface area contributed by atoms with Crippen molar-refractivity contribution in [1.82, 2.24) is 20.1 Å². The summed E-state index contributed by atoms with van der Waals surface area (Å²) in [5.41, 5.74) is 8.64. The fraction of sp³-hybridized carbons (Fsp3) is 0.118. The van der Waals surface area contributed by atoms with Crippen LogP contribution < -0.4 is 5.73 Å². The molecule has 2 aromatic heterocycles. The number of rotatable bonds is 4. The van der Waals surface area contributed by atoms with Crippen LogP contribution in [0.4, 0.5) is 5.82 Å². The highest BCUT2D eigenvalue weighted by molar-refractivity contribution is 5.93. The van der Waals surface area contributed by atoms with Gasteiger partial charge in [-0.2, -0.15) is 5.10 Å². The van der Waals surface area contributed by atoms with E-state index in [1.807, 2.05) is 36.4 Å². The number of nitrogens with two attached hydrogens (primary N) is 1. The van der Waals surface area contributed by atoms with E-state index in [0.29, 0.717) is 18.1 Å². The molecule has 0 atom stereocenters. The van der Waals surface area contributed by atoms with Crippen molar-refractivity contribution < 1.29 is 4.79 Å². The second-order valence-electron chi connectivity index (χ2n) is 5.29. The van der Waals surface area contributed by atoms with Gasteiger partial charge in [0.2, 0.25) is 0 Å². The van der Waals surface area contributed by atoms with Gasteiger partial charge < -0.3 is 10.6 Å². The van der Waals surface area contributed by atoms with E-state index in [9.17, 15) is 4.79 Å². The van der Waals surface area contributed by atoms with E-state index in [4.69, 9.17) is 5.73 Å². The Labute approximate surface area is 134 Å². The van der Waals surface area contributed by atoms with Crippen molar-refractivity contribution in [2.24, 2.45) is 0 Å². The molecule has 6 nitrogen and oxygen atoms in total. The molecular weight excluding hydrogens is 290 g/mol. The van der Waals surface area contributed by atoms with E-state index in [1.54, 1.807) is 30.3 Å². The highest BCUT2D eigenvalue weighted by Crippen LogP contribution is 2.18. The Kier molecular flexibility index (Phi) is 4.05. The summed E-state index contributed by atoms with van der Waals surface area (Å²) < 4.78 is 0. The van der Waals surface area contributed by atoms with Gasteiger partial charge >= 0.3 is 0 Å². The predicted molar refractivity (Wildman–Crippen MR) is 88.5 cm³/mol. The third kappa shape index (κ3) is 3.37. The summed E-state index contributed by atoms with van der Waals surface area (Å²) in [7, 11) is 1.74. The molecule has 0 spiro atoms. The second kappa shape index (κ2) is 6.31. The van der Waals surface area contributed by atoms with Gasteiger partial charge in [0.1, 0.15) is 11.5 Å². The number of anilines is 1. The molecule has 0 bridgehead atoms. The predicted octanol–water partition coefficient (Wildman–Crippen LogP) is 2.33. The van der Waals surface area contributed by atoms with Gasteiger partial charge in [-0.15, -0.1) is 0 Å². The number of nitrogen functional groups attached to an aromatic ring is 1. The molecule has 3 rings (SSSR count). The Morgan fingerprint density at radius 1 is 1.22 bits per heavy atom. The van der Waals surface area contributed by atoms with Crippen molar-refractivity contribution in [3.05, 3.63) is 66.0 Å². The summed E-state index contributed by atoms with van der Waals surface area (Å²) in [6.45, 7) is 0.450. The van der Waals surface area contributed by atoms with Crippen molar-refractivity contribution in [3.63, 3.8) is 0 Å². The Bertz CT molecular complexity index is 795. The highest BCUT2D eigenvalue weighted by atomic mass is 16.2. The molecular formula is C17H17N5O. The van der Waals surface area contributed by atoms with Crippen LogP contribution in [0.2, 0.25) is 0 Å². The molecule has 1 amide bonds. The van der Waals surface area contributed by atoms with E-state index < -0.39 is 0 Å². The minimum atomic E-state index is -0.128. The zero-order valence-corrected chi connectivity index (χ0v) is 12.7. The van der Waals surface area contributed by atoms with Crippen LogP contribution in [0.15, 0.2) is 54.7 Å². The van der Waals surface area contributed by atoms with Gasteiger partial charge in [-0.25, -0.2) is 4.98 Å². The molecule has 6 heteroatoms. The monoisotopic (exact) mass is 307 g/mol. The van der Waals surface area contributed by atoms with Crippen molar-refractivity contribution >= 4 is 11.7 Å². The minimum Gasteiger partial charge on any atom is -0.384 e. The highest BCUT2D eigenvalue weighted by Gasteiger charge is 2.15. The smallest absolute Gasteiger partial charge is 0.271 e. The lowest BCUT2D eigenvalue weighted by Gasteiger charge is -2.15. The number of carbonyl (C=O) groups is 1. The molecule has 116 valence electrons. The van der Waals surface area contributed by atoms with E-state index in [0.717, 1.165) is 16.8 Å². The van der Waals surface area contributed by atoms with Crippen LogP contribution in [0.3, 0.4) is 0 Å². The molecule has 0 unspecified atom stereocenters. The van der Waals surface area contributed by atoms with Gasteiger partial charge in [0.05, 0.1) is 5.69 Å². The Morgan fingerprint density at radius 2 is 2.00 bits per heavy atom. The molecule has 0 aliphatic rings. The second-order valence-corrected chi connectivity index (χ2v) is 5.29. The summed E-state index contributed by atoms with van der Waals surface area (Å²) in [5, 5.41) is 7.01. The van der Waals surface area contributed by atoms with Gasteiger partial charge in [-0.05, 0) is 17.7 Å². The summed E-state index contributed by atoms with van der Waals surface area (Å²) in [6.07, 6.45) is 1.67. The Balaban J connectivity index is 1.72. The van der Waals surface area contributed by atoms with Crippen LogP contribution in [0, 0.1) is 0 Å².